The van der Waals surface area contributed by atoms with E-state index in [2.05, 4.69) is 15.5 Å². The summed E-state index contributed by atoms with van der Waals surface area (Å²) in [5.74, 6) is -1.24. The minimum absolute atomic E-state index is 0.0901. The van der Waals surface area contributed by atoms with Gasteiger partial charge in [0.1, 0.15) is 0 Å². The molecule has 19 heavy (non-hydrogen) atoms. The van der Waals surface area contributed by atoms with Gasteiger partial charge >= 0.3 is 5.97 Å². The van der Waals surface area contributed by atoms with Crippen molar-refractivity contribution in [1.82, 2.24) is 15.5 Å². The Morgan fingerprint density at radius 2 is 2.11 bits per heavy atom. The van der Waals surface area contributed by atoms with Gasteiger partial charge in [-0.15, -0.1) is 0 Å². The third-order valence-electron chi connectivity index (χ3n) is 3.34. The zero-order chi connectivity index (χ0) is 13.7. The summed E-state index contributed by atoms with van der Waals surface area (Å²) >= 11 is 0. The molecule has 1 saturated heterocycles. The second-order valence-corrected chi connectivity index (χ2v) is 4.51. The highest BCUT2D eigenvalue weighted by Crippen LogP contribution is 2.30. The first-order chi connectivity index (χ1) is 9.14. The van der Waals surface area contributed by atoms with Gasteiger partial charge in [0.15, 0.2) is 0 Å². The molecule has 1 aliphatic rings. The van der Waals surface area contributed by atoms with Gasteiger partial charge in [-0.25, -0.2) is 0 Å². The highest BCUT2D eigenvalue weighted by atomic mass is 16.5. The molecule has 7 heteroatoms. The number of rotatable bonds is 4. The minimum Gasteiger partial charge on any atom is -0.481 e. The minimum atomic E-state index is -0.936. The van der Waals surface area contributed by atoms with Crippen LogP contribution in [0, 0.1) is 5.41 Å². The number of carbonyl (C=O) groups is 2. The Balaban J connectivity index is 2.00. The predicted molar refractivity (Wildman–Crippen MR) is 64.5 cm³/mol. The van der Waals surface area contributed by atoms with Crippen molar-refractivity contribution in [2.45, 2.75) is 12.8 Å². The van der Waals surface area contributed by atoms with Crippen molar-refractivity contribution in [2.75, 3.05) is 19.8 Å². The molecule has 0 radical (unpaired) electrons. The van der Waals surface area contributed by atoms with Gasteiger partial charge in [0.2, 0.25) is 0 Å². The van der Waals surface area contributed by atoms with Crippen molar-refractivity contribution >= 4 is 11.9 Å². The lowest BCUT2D eigenvalue weighted by atomic mass is 9.80. The molecule has 1 aliphatic heterocycles. The van der Waals surface area contributed by atoms with E-state index in [1.54, 1.807) is 0 Å². The zero-order valence-electron chi connectivity index (χ0n) is 10.3. The summed E-state index contributed by atoms with van der Waals surface area (Å²) in [5, 5.41) is 19.2. The van der Waals surface area contributed by atoms with Gasteiger partial charge in [-0.3, -0.25) is 9.59 Å². The summed E-state index contributed by atoms with van der Waals surface area (Å²) in [6, 6.07) is 1.53. The maximum atomic E-state index is 11.8. The standard InChI is InChI=1S/C12H15N3O4/c16-10(9-1-4-14-15-7-9)13-8-12(11(17)18)2-5-19-6-3-12/h1,4,7H,2-3,5-6,8H2,(H,13,16)(H,17,18). The zero-order valence-corrected chi connectivity index (χ0v) is 10.3. The molecule has 0 saturated carbocycles. The van der Waals surface area contributed by atoms with E-state index in [0.717, 1.165) is 0 Å². The van der Waals surface area contributed by atoms with E-state index >= 15 is 0 Å². The first-order valence-corrected chi connectivity index (χ1v) is 6.00. The van der Waals surface area contributed by atoms with E-state index < -0.39 is 11.4 Å². The Kier molecular flexibility index (Phi) is 4.06. The molecule has 2 rings (SSSR count). The Labute approximate surface area is 110 Å². The molecule has 0 bridgehead atoms. The average Bonchev–Trinajstić information content (AvgIpc) is 2.46. The molecule has 0 spiro atoms. The van der Waals surface area contributed by atoms with Crippen LogP contribution in [0.3, 0.4) is 0 Å². The number of carboxylic acid groups (broad SMARTS) is 1. The number of hydrogen-bond donors (Lipinski definition) is 2. The van der Waals surface area contributed by atoms with E-state index in [1.165, 1.54) is 18.5 Å². The molecule has 1 fully saturated rings. The summed E-state index contributed by atoms with van der Waals surface area (Å²) in [4.78, 5) is 23.2. The van der Waals surface area contributed by atoms with Crippen LogP contribution < -0.4 is 5.32 Å². The fraction of sp³-hybridized carbons (Fsp3) is 0.500. The number of carbonyl (C=O) groups excluding carboxylic acids is 1. The highest BCUT2D eigenvalue weighted by Gasteiger charge is 2.40. The maximum Gasteiger partial charge on any atom is 0.311 e. The lowest BCUT2D eigenvalue weighted by Gasteiger charge is -2.33. The van der Waals surface area contributed by atoms with Gasteiger partial charge in [0, 0.05) is 19.8 Å². The second kappa shape index (κ2) is 5.75. The van der Waals surface area contributed by atoms with Crippen molar-refractivity contribution in [3.05, 3.63) is 24.0 Å². The molecule has 7 nitrogen and oxygen atoms in total. The maximum absolute atomic E-state index is 11.8. The van der Waals surface area contributed by atoms with E-state index in [-0.39, 0.29) is 12.5 Å². The van der Waals surface area contributed by atoms with Crippen LogP contribution in [0.4, 0.5) is 0 Å². The SMILES string of the molecule is O=C(NCC1(C(=O)O)CCOCC1)c1ccnnc1. The summed E-state index contributed by atoms with van der Waals surface area (Å²) in [6.07, 6.45) is 3.55. The summed E-state index contributed by atoms with van der Waals surface area (Å²) in [7, 11) is 0. The number of ether oxygens (including phenoxy) is 1. The van der Waals surface area contributed by atoms with E-state index in [0.29, 0.717) is 31.6 Å². The van der Waals surface area contributed by atoms with Crippen LogP contribution in [-0.4, -0.2) is 46.9 Å². The van der Waals surface area contributed by atoms with E-state index in [4.69, 9.17) is 4.74 Å². The smallest absolute Gasteiger partial charge is 0.311 e. The molecule has 2 heterocycles. The van der Waals surface area contributed by atoms with Crippen LogP contribution in [-0.2, 0) is 9.53 Å². The molecule has 1 aromatic rings. The number of carboxylic acids is 1. The van der Waals surface area contributed by atoms with Gasteiger partial charge < -0.3 is 15.2 Å². The topological polar surface area (TPSA) is 101 Å². The quantitative estimate of drug-likeness (QED) is 0.800. The molecule has 0 unspecified atom stereocenters. The van der Waals surface area contributed by atoms with Crippen LogP contribution in [0.5, 0.6) is 0 Å². The monoisotopic (exact) mass is 265 g/mol. The number of nitrogens with zero attached hydrogens (tertiary/aromatic N) is 2. The second-order valence-electron chi connectivity index (χ2n) is 4.51. The molecular weight excluding hydrogens is 250 g/mol. The Hall–Kier alpha value is -2.02. The van der Waals surface area contributed by atoms with Gasteiger partial charge in [-0.2, -0.15) is 10.2 Å². The average molecular weight is 265 g/mol. The molecule has 1 amide bonds. The van der Waals surface area contributed by atoms with Gasteiger partial charge in [-0.05, 0) is 18.9 Å². The third kappa shape index (κ3) is 3.05. The molecular formula is C12H15N3O4. The van der Waals surface area contributed by atoms with Gasteiger partial charge in [0.05, 0.1) is 23.4 Å². The fourth-order valence-electron chi connectivity index (χ4n) is 2.00. The van der Waals surface area contributed by atoms with E-state index in [1.807, 2.05) is 0 Å². The fourth-order valence-corrected chi connectivity index (χ4v) is 2.00. The van der Waals surface area contributed by atoms with Gasteiger partial charge in [-0.1, -0.05) is 0 Å². The summed E-state index contributed by atoms with van der Waals surface area (Å²) < 4.78 is 5.17. The summed E-state index contributed by atoms with van der Waals surface area (Å²) in [6.45, 7) is 0.894. The largest absolute Gasteiger partial charge is 0.481 e. The number of hydrogen-bond acceptors (Lipinski definition) is 5. The van der Waals surface area contributed by atoms with Crippen molar-refractivity contribution < 1.29 is 19.4 Å². The summed E-state index contributed by atoms with van der Waals surface area (Å²) in [5.41, 5.74) is -0.573. The number of nitrogens with one attached hydrogen (secondary N) is 1. The van der Waals surface area contributed by atoms with Gasteiger partial charge in [0.25, 0.3) is 5.91 Å². The van der Waals surface area contributed by atoms with Crippen LogP contribution in [0.25, 0.3) is 0 Å². The Bertz CT molecular complexity index is 457. The molecule has 0 aromatic carbocycles. The third-order valence-corrected chi connectivity index (χ3v) is 3.34. The molecule has 0 aliphatic carbocycles. The normalized spacial score (nSPS) is 17.7. The lowest BCUT2D eigenvalue weighted by Crippen LogP contribution is -2.46. The lowest BCUT2D eigenvalue weighted by molar-refractivity contribution is -0.154. The first kappa shape index (κ1) is 13.4. The van der Waals surface area contributed by atoms with Crippen LogP contribution in [0.1, 0.15) is 23.2 Å². The molecule has 0 atom stereocenters. The first-order valence-electron chi connectivity index (χ1n) is 6.00. The van der Waals surface area contributed by atoms with Crippen LogP contribution in [0.15, 0.2) is 18.5 Å². The predicted octanol–water partition coefficient (Wildman–Crippen LogP) is 0.0878. The molecule has 1 aromatic heterocycles. The van der Waals surface area contributed by atoms with Crippen molar-refractivity contribution in [3.63, 3.8) is 0 Å². The van der Waals surface area contributed by atoms with Crippen molar-refractivity contribution in [1.29, 1.82) is 0 Å². The van der Waals surface area contributed by atoms with Crippen LogP contribution >= 0.6 is 0 Å². The Morgan fingerprint density at radius 1 is 1.37 bits per heavy atom. The van der Waals surface area contributed by atoms with E-state index in [9.17, 15) is 14.7 Å². The highest BCUT2D eigenvalue weighted by molar-refractivity contribution is 5.94. The van der Waals surface area contributed by atoms with Crippen LogP contribution in [0.2, 0.25) is 0 Å². The van der Waals surface area contributed by atoms with Crippen molar-refractivity contribution in [3.8, 4) is 0 Å². The van der Waals surface area contributed by atoms with Crippen molar-refractivity contribution in [2.24, 2.45) is 5.41 Å². The number of aliphatic carboxylic acids is 1. The molecule has 102 valence electrons. The number of amides is 1. The Morgan fingerprint density at radius 3 is 2.68 bits per heavy atom. The molecule has 2 N–H and O–H groups in total. The number of aromatic nitrogens is 2.